The van der Waals surface area contributed by atoms with Crippen LogP contribution in [-0.4, -0.2) is 28.1 Å². The Bertz CT molecular complexity index is 537. The molecule has 1 unspecified atom stereocenters. The van der Waals surface area contributed by atoms with Crippen LogP contribution in [0.5, 0.6) is 0 Å². The van der Waals surface area contributed by atoms with Crippen LogP contribution in [-0.2, 0) is 10.0 Å². The van der Waals surface area contributed by atoms with Gasteiger partial charge in [0.25, 0.3) is 0 Å². The number of hydrogen-bond acceptors (Lipinski definition) is 4. The Morgan fingerprint density at radius 2 is 2.26 bits per heavy atom. The van der Waals surface area contributed by atoms with Gasteiger partial charge in [0, 0.05) is 12.2 Å². The van der Waals surface area contributed by atoms with Gasteiger partial charge in [-0.3, -0.25) is 0 Å². The molecule has 2 rings (SSSR count). The fourth-order valence-corrected chi connectivity index (χ4v) is 3.27. The van der Waals surface area contributed by atoms with Crippen LogP contribution >= 0.6 is 0 Å². The molecule has 1 atom stereocenters. The van der Waals surface area contributed by atoms with Gasteiger partial charge in [-0.25, -0.2) is 13.6 Å². The molecule has 1 saturated heterocycles. The van der Waals surface area contributed by atoms with Crippen molar-refractivity contribution in [2.24, 2.45) is 11.1 Å². The zero-order valence-corrected chi connectivity index (χ0v) is 12.0. The van der Waals surface area contributed by atoms with Gasteiger partial charge < -0.3 is 10.6 Å². The van der Waals surface area contributed by atoms with Crippen LogP contribution in [0.15, 0.2) is 23.1 Å². The number of primary sulfonamides is 1. The Labute approximate surface area is 114 Å². The Morgan fingerprint density at radius 1 is 1.47 bits per heavy atom. The molecule has 0 aliphatic carbocycles. The molecular weight excluding hydrogens is 262 g/mol. The summed E-state index contributed by atoms with van der Waals surface area (Å²) in [6.07, 6.45) is 2.40. The van der Waals surface area contributed by atoms with Crippen LogP contribution in [0.4, 0.5) is 5.69 Å². The lowest BCUT2D eigenvalue weighted by Gasteiger charge is -2.24. The molecule has 1 aromatic rings. The number of nitrogens with one attached hydrogen (secondary N) is 2. The van der Waals surface area contributed by atoms with Crippen LogP contribution in [0.1, 0.15) is 18.4 Å². The third-order valence-corrected chi connectivity index (χ3v) is 4.63. The number of benzene rings is 1. The van der Waals surface area contributed by atoms with Gasteiger partial charge in [0.2, 0.25) is 10.0 Å². The molecule has 19 heavy (non-hydrogen) atoms. The molecule has 1 aliphatic heterocycles. The van der Waals surface area contributed by atoms with E-state index in [-0.39, 0.29) is 4.90 Å². The fraction of sp³-hybridized carbons (Fsp3) is 0.538. The molecule has 1 aromatic carbocycles. The number of piperidine rings is 1. The van der Waals surface area contributed by atoms with Crippen molar-refractivity contribution < 1.29 is 8.42 Å². The van der Waals surface area contributed by atoms with E-state index in [9.17, 15) is 8.42 Å². The zero-order valence-electron chi connectivity index (χ0n) is 11.1. The standard InChI is InChI=1S/C13H21N3O2S/c1-10-12(5-2-6-13(10)19(14,17)18)16-9-11-4-3-7-15-8-11/h2,5-6,11,15-16H,3-4,7-9H2,1H3,(H2,14,17,18). The van der Waals surface area contributed by atoms with Gasteiger partial charge in [-0.2, -0.15) is 0 Å². The maximum Gasteiger partial charge on any atom is 0.238 e. The third kappa shape index (κ3) is 3.68. The Hall–Kier alpha value is -1.11. The van der Waals surface area contributed by atoms with Gasteiger partial charge in [-0.1, -0.05) is 6.07 Å². The lowest BCUT2D eigenvalue weighted by atomic mass is 9.99. The van der Waals surface area contributed by atoms with E-state index in [1.165, 1.54) is 18.9 Å². The molecule has 6 heteroatoms. The lowest BCUT2D eigenvalue weighted by Crippen LogP contribution is -2.33. The maximum absolute atomic E-state index is 11.5. The van der Waals surface area contributed by atoms with Gasteiger partial charge in [0.05, 0.1) is 4.90 Å². The summed E-state index contributed by atoms with van der Waals surface area (Å²) < 4.78 is 22.9. The highest BCUT2D eigenvalue weighted by Crippen LogP contribution is 2.22. The number of anilines is 1. The molecule has 0 radical (unpaired) electrons. The van der Waals surface area contributed by atoms with Gasteiger partial charge in [-0.05, 0) is 56.5 Å². The molecule has 4 N–H and O–H groups in total. The first-order valence-electron chi connectivity index (χ1n) is 6.55. The molecule has 0 amide bonds. The first-order valence-corrected chi connectivity index (χ1v) is 8.10. The van der Waals surface area contributed by atoms with Gasteiger partial charge in [0.1, 0.15) is 0 Å². The van der Waals surface area contributed by atoms with Crippen LogP contribution in [0.2, 0.25) is 0 Å². The molecule has 1 fully saturated rings. The zero-order chi connectivity index (χ0) is 13.9. The largest absolute Gasteiger partial charge is 0.384 e. The van der Waals surface area contributed by atoms with Crippen LogP contribution in [0.3, 0.4) is 0 Å². The average Bonchev–Trinajstić information content (AvgIpc) is 2.37. The van der Waals surface area contributed by atoms with E-state index in [4.69, 9.17) is 5.14 Å². The summed E-state index contributed by atoms with van der Waals surface area (Å²) in [6.45, 7) is 4.74. The van der Waals surface area contributed by atoms with E-state index < -0.39 is 10.0 Å². The van der Waals surface area contributed by atoms with E-state index >= 15 is 0 Å². The minimum atomic E-state index is -3.65. The highest BCUT2D eigenvalue weighted by molar-refractivity contribution is 7.89. The molecule has 0 saturated carbocycles. The third-order valence-electron chi connectivity index (χ3n) is 3.57. The second-order valence-electron chi connectivity index (χ2n) is 5.07. The van der Waals surface area contributed by atoms with Crippen molar-refractivity contribution in [1.29, 1.82) is 0 Å². The smallest absolute Gasteiger partial charge is 0.238 e. The van der Waals surface area contributed by atoms with Gasteiger partial charge >= 0.3 is 0 Å². The first kappa shape index (κ1) is 14.3. The normalized spacial score (nSPS) is 20.2. The van der Waals surface area contributed by atoms with Crippen LogP contribution in [0.25, 0.3) is 0 Å². The molecule has 0 aromatic heterocycles. The minimum absolute atomic E-state index is 0.194. The van der Waals surface area contributed by atoms with Crippen molar-refractivity contribution in [1.82, 2.24) is 5.32 Å². The summed E-state index contributed by atoms with van der Waals surface area (Å²) in [5, 5.41) is 11.9. The number of hydrogen-bond donors (Lipinski definition) is 3. The molecular formula is C13H21N3O2S. The summed E-state index contributed by atoms with van der Waals surface area (Å²) in [5.74, 6) is 0.589. The highest BCUT2D eigenvalue weighted by Gasteiger charge is 2.16. The van der Waals surface area contributed by atoms with Crippen LogP contribution < -0.4 is 15.8 Å². The average molecular weight is 283 g/mol. The molecule has 0 spiro atoms. The molecule has 5 nitrogen and oxygen atoms in total. The Balaban J connectivity index is 2.08. The molecule has 0 bridgehead atoms. The fourth-order valence-electron chi connectivity index (χ4n) is 2.47. The van der Waals surface area contributed by atoms with Gasteiger partial charge in [0.15, 0.2) is 0 Å². The number of sulfonamides is 1. The topological polar surface area (TPSA) is 84.2 Å². The SMILES string of the molecule is Cc1c(NCC2CCCNC2)cccc1S(N)(=O)=O. The Morgan fingerprint density at radius 3 is 2.89 bits per heavy atom. The molecule has 1 aliphatic rings. The maximum atomic E-state index is 11.5. The summed E-state index contributed by atoms with van der Waals surface area (Å²) in [5.41, 5.74) is 1.53. The number of rotatable bonds is 4. The van der Waals surface area contributed by atoms with Crippen molar-refractivity contribution in [3.63, 3.8) is 0 Å². The Kier molecular flexibility index (Phi) is 4.44. The number of nitrogens with two attached hydrogens (primary N) is 1. The quantitative estimate of drug-likeness (QED) is 0.771. The van der Waals surface area contributed by atoms with Crippen molar-refractivity contribution in [3.05, 3.63) is 23.8 Å². The lowest BCUT2D eigenvalue weighted by molar-refractivity contribution is 0.393. The van der Waals surface area contributed by atoms with Gasteiger partial charge in [-0.15, -0.1) is 0 Å². The summed E-state index contributed by atoms with van der Waals surface area (Å²) >= 11 is 0. The first-order chi connectivity index (χ1) is 8.98. The van der Waals surface area contributed by atoms with Crippen molar-refractivity contribution in [2.45, 2.75) is 24.7 Å². The molecule has 106 valence electrons. The predicted molar refractivity (Wildman–Crippen MR) is 76.6 cm³/mol. The second kappa shape index (κ2) is 5.90. The van der Waals surface area contributed by atoms with E-state index in [2.05, 4.69) is 10.6 Å². The van der Waals surface area contributed by atoms with Crippen LogP contribution in [0, 0.1) is 12.8 Å². The minimum Gasteiger partial charge on any atom is -0.384 e. The summed E-state index contributed by atoms with van der Waals surface area (Å²) in [6, 6.07) is 5.15. The van der Waals surface area contributed by atoms with E-state index in [0.717, 1.165) is 25.3 Å². The van der Waals surface area contributed by atoms with E-state index in [1.807, 2.05) is 6.07 Å². The summed E-state index contributed by atoms with van der Waals surface area (Å²) in [4.78, 5) is 0.194. The highest BCUT2D eigenvalue weighted by atomic mass is 32.2. The second-order valence-corrected chi connectivity index (χ2v) is 6.60. The van der Waals surface area contributed by atoms with E-state index in [1.54, 1.807) is 13.0 Å². The van der Waals surface area contributed by atoms with Crippen molar-refractivity contribution >= 4 is 15.7 Å². The van der Waals surface area contributed by atoms with Crippen molar-refractivity contribution in [2.75, 3.05) is 25.0 Å². The monoisotopic (exact) mass is 283 g/mol. The van der Waals surface area contributed by atoms with Crippen molar-refractivity contribution in [3.8, 4) is 0 Å². The predicted octanol–water partition coefficient (Wildman–Crippen LogP) is 1.05. The van der Waals surface area contributed by atoms with E-state index in [0.29, 0.717) is 11.5 Å². The summed E-state index contributed by atoms with van der Waals surface area (Å²) in [7, 11) is -3.65. The molecule has 1 heterocycles.